The Hall–Kier alpha value is -2.99. The summed E-state index contributed by atoms with van der Waals surface area (Å²) in [5, 5.41) is 1.69. The van der Waals surface area contributed by atoms with Crippen LogP contribution in [0.5, 0.6) is 0 Å². The molecule has 0 radical (unpaired) electrons. The molecule has 1 aromatic heterocycles. The van der Waals surface area contributed by atoms with Crippen molar-refractivity contribution in [1.29, 1.82) is 0 Å². The molecule has 0 spiro atoms. The van der Waals surface area contributed by atoms with Crippen LogP contribution in [0, 0.1) is 0 Å². The van der Waals surface area contributed by atoms with Gasteiger partial charge in [0.1, 0.15) is 12.4 Å². The Morgan fingerprint density at radius 2 is 1.81 bits per heavy atom. The first kappa shape index (κ1) is 17.8. The lowest BCUT2D eigenvalue weighted by Gasteiger charge is -2.15. The zero-order chi connectivity index (χ0) is 18.7. The Morgan fingerprint density at radius 1 is 1.08 bits per heavy atom. The Kier molecular flexibility index (Phi) is 5.14. The van der Waals surface area contributed by atoms with E-state index in [1.807, 2.05) is 30.3 Å². The lowest BCUT2D eigenvalue weighted by Crippen LogP contribution is -2.37. The smallest absolute Gasteiger partial charge is 0.330 e. The molecule has 0 saturated carbocycles. The molecule has 1 N–H and O–H groups in total. The van der Waals surface area contributed by atoms with Gasteiger partial charge in [-0.3, -0.25) is 19.1 Å². The summed E-state index contributed by atoms with van der Waals surface area (Å²) in [6.07, 6.45) is 0.327. The van der Waals surface area contributed by atoms with Crippen molar-refractivity contribution in [1.82, 2.24) is 9.55 Å². The highest BCUT2D eigenvalue weighted by Crippen LogP contribution is 2.22. The number of aromatic nitrogens is 2. The molecule has 6 nitrogen and oxygen atoms in total. The summed E-state index contributed by atoms with van der Waals surface area (Å²) in [5.41, 5.74) is -0.362. The predicted octanol–water partition coefficient (Wildman–Crippen LogP) is 2.48. The Balaban J connectivity index is 2.29. The second-order valence-corrected chi connectivity index (χ2v) is 5.85. The van der Waals surface area contributed by atoms with E-state index >= 15 is 0 Å². The topological polar surface area (TPSA) is 81.2 Å². The third kappa shape index (κ3) is 3.11. The third-order valence-electron chi connectivity index (χ3n) is 4.32. The zero-order valence-electron chi connectivity index (χ0n) is 14.7. The van der Waals surface area contributed by atoms with E-state index in [9.17, 15) is 14.4 Å². The maximum atomic E-state index is 13.4. The summed E-state index contributed by atoms with van der Waals surface area (Å²) in [7, 11) is 0. The summed E-state index contributed by atoms with van der Waals surface area (Å²) in [6.45, 7) is 3.86. The summed E-state index contributed by atoms with van der Waals surface area (Å²) in [6, 6.07) is 12.9. The summed E-state index contributed by atoms with van der Waals surface area (Å²) in [4.78, 5) is 40.2. The van der Waals surface area contributed by atoms with Crippen LogP contribution in [0.15, 0.2) is 52.1 Å². The Labute approximate surface area is 150 Å². The number of nitrogens with zero attached hydrogens (tertiary/aromatic N) is 1. The summed E-state index contributed by atoms with van der Waals surface area (Å²) < 4.78 is 6.54. The number of nitrogens with one attached hydrogen (secondary N) is 1. The van der Waals surface area contributed by atoms with E-state index in [0.717, 1.165) is 10.8 Å². The van der Waals surface area contributed by atoms with E-state index in [2.05, 4.69) is 4.98 Å². The van der Waals surface area contributed by atoms with Gasteiger partial charge in [0.15, 0.2) is 0 Å². The number of rotatable bonds is 6. The van der Waals surface area contributed by atoms with Crippen LogP contribution >= 0.6 is 0 Å². The van der Waals surface area contributed by atoms with E-state index < -0.39 is 11.2 Å². The van der Waals surface area contributed by atoms with Gasteiger partial charge in [-0.05, 0) is 24.1 Å². The van der Waals surface area contributed by atoms with Crippen LogP contribution in [0.3, 0.4) is 0 Å². The maximum absolute atomic E-state index is 13.4. The van der Waals surface area contributed by atoms with Crippen LogP contribution in [-0.4, -0.2) is 21.9 Å². The monoisotopic (exact) mass is 352 g/mol. The van der Waals surface area contributed by atoms with Crippen molar-refractivity contribution in [3.8, 4) is 0 Å². The van der Waals surface area contributed by atoms with Gasteiger partial charge >= 0.3 is 5.69 Å². The minimum absolute atomic E-state index is 0.0889. The molecule has 0 aliphatic rings. The molecule has 0 atom stereocenters. The van der Waals surface area contributed by atoms with Crippen molar-refractivity contribution in [2.45, 2.75) is 27.0 Å². The number of ether oxygens (including phenoxy) is 1. The molecule has 1 heterocycles. The molecule has 134 valence electrons. The fourth-order valence-corrected chi connectivity index (χ4v) is 3.06. The van der Waals surface area contributed by atoms with Gasteiger partial charge in [-0.2, -0.15) is 0 Å². The molecule has 0 fully saturated rings. The van der Waals surface area contributed by atoms with Crippen LogP contribution in [0.2, 0.25) is 0 Å². The van der Waals surface area contributed by atoms with E-state index in [1.54, 1.807) is 26.0 Å². The first-order valence-electron chi connectivity index (χ1n) is 8.54. The Bertz CT molecular complexity index is 1070. The first-order valence-corrected chi connectivity index (χ1v) is 8.54. The van der Waals surface area contributed by atoms with Gasteiger partial charge in [0, 0.05) is 17.7 Å². The molecule has 6 heteroatoms. The standard InChI is InChI=1S/C20H20N2O4/c1-3-14-17(22(12-26-4-2)20(25)21-19(14)24)18(23)16-11-7-9-13-8-5-6-10-15(13)16/h5-11H,3-4,12H2,1-2H3,(H,21,24,25). The average molecular weight is 352 g/mol. The van der Waals surface area contributed by atoms with E-state index in [4.69, 9.17) is 4.74 Å². The minimum atomic E-state index is -0.649. The lowest BCUT2D eigenvalue weighted by atomic mass is 9.97. The number of carbonyl (C=O) groups excluding carboxylic acids is 1. The number of benzene rings is 2. The molecule has 26 heavy (non-hydrogen) atoms. The Morgan fingerprint density at radius 3 is 2.54 bits per heavy atom. The van der Waals surface area contributed by atoms with Crippen molar-refractivity contribution < 1.29 is 9.53 Å². The SMILES string of the molecule is CCOCn1c(C(=O)c2cccc3ccccc23)c(CC)c(=O)[nH]c1=O. The molecule has 0 aliphatic carbocycles. The van der Waals surface area contributed by atoms with Crippen LogP contribution in [0.1, 0.15) is 35.5 Å². The van der Waals surface area contributed by atoms with E-state index in [0.29, 0.717) is 18.6 Å². The number of H-pyrrole nitrogens is 1. The quantitative estimate of drug-likeness (QED) is 0.691. The second-order valence-electron chi connectivity index (χ2n) is 5.85. The van der Waals surface area contributed by atoms with E-state index in [1.165, 1.54) is 4.57 Å². The lowest BCUT2D eigenvalue weighted by molar-refractivity contribution is 0.0785. The molecule has 0 bridgehead atoms. The molecule has 3 aromatic rings. The normalized spacial score (nSPS) is 11.0. The van der Waals surface area contributed by atoms with Crippen molar-refractivity contribution in [3.05, 3.63) is 80.1 Å². The number of aromatic amines is 1. The van der Waals surface area contributed by atoms with Gasteiger partial charge in [-0.25, -0.2) is 4.79 Å². The van der Waals surface area contributed by atoms with Gasteiger partial charge in [-0.1, -0.05) is 49.4 Å². The molecule has 2 aromatic carbocycles. The van der Waals surface area contributed by atoms with Gasteiger partial charge in [0.2, 0.25) is 5.78 Å². The number of ketones is 1. The highest BCUT2D eigenvalue weighted by Gasteiger charge is 2.23. The maximum Gasteiger partial charge on any atom is 0.330 e. The largest absolute Gasteiger partial charge is 0.361 e. The molecular formula is C20H20N2O4. The van der Waals surface area contributed by atoms with Gasteiger partial charge < -0.3 is 4.74 Å². The molecule has 0 aliphatic heterocycles. The van der Waals surface area contributed by atoms with E-state index in [-0.39, 0.29) is 23.8 Å². The van der Waals surface area contributed by atoms with Crippen molar-refractivity contribution in [2.24, 2.45) is 0 Å². The number of fused-ring (bicyclic) bond motifs is 1. The first-order chi connectivity index (χ1) is 12.6. The van der Waals surface area contributed by atoms with Gasteiger partial charge in [-0.15, -0.1) is 0 Å². The fourth-order valence-electron chi connectivity index (χ4n) is 3.06. The molecule has 0 saturated heterocycles. The van der Waals surface area contributed by atoms with Crippen molar-refractivity contribution in [3.63, 3.8) is 0 Å². The molecule has 0 unspecified atom stereocenters. The molecule has 3 rings (SSSR count). The van der Waals surface area contributed by atoms with Gasteiger partial charge in [0.05, 0.1) is 0 Å². The summed E-state index contributed by atoms with van der Waals surface area (Å²) >= 11 is 0. The predicted molar refractivity (Wildman–Crippen MR) is 99.7 cm³/mol. The minimum Gasteiger partial charge on any atom is -0.361 e. The second kappa shape index (κ2) is 7.49. The fraction of sp³-hybridized carbons (Fsp3) is 0.250. The number of carbonyl (C=O) groups is 1. The summed E-state index contributed by atoms with van der Waals surface area (Å²) in [5.74, 6) is -0.360. The molecular weight excluding hydrogens is 332 g/mol. The van der Waals surface area contributed by atoms with Crippen molar-refractivity contribution in [2.75, 3.05) is 6.61 Å². The van der Waals surface area contributed by atoms with Crippen LogP contribution < -0.4 is 11.2 Å². The van der Waals surface area contributed by atoms with Crippen molar-refractivity contribution >= 4 is 16.6 Å². The number of hydrogen-bond donors (Lipinski definition) is 1. The zero-order valence-corrected chi connectivity index (χ0v) is 14.7. The number of hydrogen-bond acceptors (Lipinski definition) is 4. The molecule has 0 amide bonds. The van der Waals surface area contributed by atoms with Crippen LogP contribution in [-0.2, 0) is 17.9 Å². The van der Waals surface area contributed by atoms with Crippen LogP contribution in [0.25, 0.3) is 10.8 Å². The van der Waals surface area contributed by atoms with Gasteiger partial charge in [0.25, 0.3) is 5.56 Å². The third-order valence-corrected chi connectivity index (χ3v) is 4.32. The van der Waals surface area contributed by atoms with Crippen LogP contribution in [0.4, 0.5) is 0 Å². The highest BCUT2D eigenvalue weighted by atomic mass is 16.5. The highest BCUT2D eigenvalue weighted by molar-refractivity contribution is 6.16. The average Bonchev–Trinajstić information content (AvgIpc) is 2.65.